The molecule has 0 saturated carbocycles. The average molecular weight is 270 g/mol. The van der Waals surface area contributed by atoms with E-state index in [1.807, 2.05) is 16.7 Å². The van der Waals surface area contributed by atoms with Gasteiger partial charge in [0.2, 0.25) is 0 Å². The van der Waals surface area contributed by atoms with Gasteiger partial charge < -0.3 is 14.2 Å². The molecule has 0 radical (unpaired) electrons. The van der Waals surface area contributed by atoms with Gasteiger partial charge in [0.15, 0.2) is 16.9 Å². The van der Waals surface area contributed by atoms with E-state index in [-0.39, 0.29) is 11.1 Å². The van der Waals surface area contributed by atoms with Gasteiger partial charge in [0.1, 0.15) is 0 Å². The zero-order chi connectivity index (χ0) is 14.1. The number of aromatic nitrogens is 2. The van der Waals surface area contributed by atoms with Crippen LogP contribution in [0.15, 0.2) is 51.9 Å². The van der Waals surface area contributed by atoms with Crippen molar-refractivity contribution in [2.75, 3.05) is 0 Å². The average Bonchev–Trinajstić information content (AvgIpc) is 2.91. The Kier molecular flexibility index (Phi) is 2.83. The van der Waals surface area contributed by atoms with E-state index in [1.165, 1.54) is 12.1 Å². The second-order valence-electron chi connectivity index (χ2n) is 4.31. The minimum Gasteiger partial charge on any atom is -0.476 e. The summed E-state index contributed by atoms with van der Waals surface area (Å²) >= 11 is 0. The molecule has 1 N–H and O–H groups in total. The molecule has 0 atom stereocenters. The maximum absolute atomic E-state index is 11.7. The molecule has 6 nitrogen and oxygen atoms in total. The molecule has 20 heavy (non-hydrogen) atoms. The molecule has 100 valence electrons. The van der Waals surface area contributed by atoms with E-state index in [0.29, 0.717) is 17.7 Å². The van der Waals surface area contributed by atoms with E-state index < -0.39 is 5.97 Å². The van der Waals surface area contributed by atoms with Gasteiger partial charge in [-0.2, -0.15) is 0 Å². The number of pyridine rings is 1. The van der Waals surface area contributed by atoms with Crippen molar-refractivity contribution in [2.45, 2.75) is 6.54 Å². The lowest BCUT2D eigenvalue weighted by molar-refractivity contribution is 0.0685. The molecule has 2 aromatic heterocycles. The molecule has 0 aliphatic rings. The number of hydrogen-bond acceptors (Lipinski definition) is 4. The fourth-order valence-corrected chi connectivity index (χ4v) is 2.05. The van der Waals surface area contributed by atoms with E-state index in [4.69, 9.17) is 9.63 Å². The molecule has 1 aromatic carbocycles. The lowest BCUT2D eigenvalue weighted by Gasteiger charge is -2.07. The molecule has 2 heterocycles. The van der Waals surface area contributed by atoms with Crippen LogP contribution in [-0.4, -0.2) is 20.8 Å². The highest BCUT2D eigenvalue weighted by Gasteiger charge is 2.11. The molecule has 0 fully saturated rings. The predicted octanol–water partition coefficient (Wildman–Crippen LogP) is 1.74. The molecule has 0 amide bonds. The van der Waals surface area contributed by atoms with Gasteiger partial charge in [-0.25, -0.2) is 4.79 Å². The van der Waals surface area contributed by atoms with Crippen LogP contribution in [0.2, 0.25) is 0 Å². The number of carboxylic acids is 1. The Morgan fingerprint density at radius 2 is 2.10 bits per heavy atom. The van der Waals surface area contributed by atoms with Crippen molar-refractivity contribution in [1.29, 1.82) is 0 Å². The highest BCUT2D eigenvalue weighted by molar-refractivity contribution is 5.85. The van der Waals surface area contributed by atoms with Crippen LogP contribution in [0.25, 0.3) is 10.9 Å². The molecule has 3 rings (SSSR count). The van der Waals surface area contributed by atoms with Gasteiger partial charge in [0.05, 0.1) is 12.1 Å². The number of rotatable bonds is 3. The Morgan fingerprint density at radius 3 is 2.85 bits per heavy atom. The highest BCUT2D eigenvalue weighted by Crippen LogP contribution is 2.13. The van der Waals surface area contributed by atoms with Crippen molar-refractivity contribution in [2.24, 2.45) is 0 Å². The SMILES string of the molecule is O=C(O)c1cc(Cn2ccc(=O)c3ccccc32)on1. The van der Waals surface area contributed by atoms with E-state index in [9.17, 15) is 9.59 Å². The molecule has 0 unspecified atom stereocenters. The first-order valence-corrected chi connectivity index (χ1v) is 5.92. The normalized spacial score (nSPS) is 10.8. The first-order chi connectivity index (χ1) is 9.65. The van der Waals surface area contributed by atoms with E-state index in [2.05, 4.69) is 5.16 Å². The van der Waals surface area contributed by atoms with Crippen LogP contribution in [-0.2, 0) is 6.54 Å². The molecule has 0 aliphatic heterocycles. The molecular weight excluding hydrogens is 260 g/mol. The molecular formula is C14H10N2O4. The fourth-order valence-electron chi connectivity index (χ4n) is 2.05. The Labute approximate surface area is 112 Å². The van der Waals surface area contributed by atoms with Gasteiger partial charge in [-0.1, -0.05) is 17.3 Å². The second kappa shape index (κ2) is 4.65. The predicted molar refractivity (Wildman–Crippen MR) is 70.8 cm³/mol. The number of para-hydroxylation sites is 1. The van der Waals surface area contributed by atoms with Crippen LogP contribution in [0.3, 0.4) is 0 Å². The van der Waals surface area contributed by atoms with Crippen molar-refractivity contribution in [3.05, 3.63) is 64.3 Å². The summed E-state index contributed by atoms with van der Waals surface area (Å²) in [6.07, 6.45) is 1.65. The zero-order valence-electron chi connectivity index (χ0n) is 10.3. The third-order valence-corrected chi connectivity index (χ3v) is 2.99. The van der Waals surface area contributed by atoms with Crippen LogP contribution in [0.5, 0.6) is 0 Å². The quantitative estimate of drug-likeness (QED) is 0.783. The van der Waals surface area contributed by atoms with E-state index >= 15 is 0 Å². The number of hydrogen-bond donors (Lipinski definition) is 1. The summed E-state index contributed by atoms with van der Waals surface area (Å²) in [7, 11) is 0. The Hall–Kier alpha value is -2.89. The topological polar surface area (TPSA) is 85.3 Å². The van der Waals surface area contributed by atoms with E-state index in [0.717, 1.165) is 5.52 Å². The lowest BCUT2D eigenvalue weighted by Crippen LogP contribution is -2.08. The summed E-state index contributed by atoms with van der Waals surface area (Å²) in [5.74, 6) is -0.721. The summed E-state index contributed by atoms with van der Waals surface area (Å²) in [5.41, 5.74) is 0.569. The number of benzene rings is 1. The third kappa shape index (κ3) is 2.07. The van der Waals surface area contributed by atoms with Crippen molar-refractivity contribution >= 4 is 16.9 Å². The molecule has 0 aliphatic carbocycles. The summed E-state index contributed by atoms with van der Waals surface area (Å²) < 4.78 is 6.79. The van der Waals surface area contributed by atoms with Gasteiger partial charge >= 0.3 is 5.97 Å². The van der Waals surface area contributed by atoms with Crippen LogP contribution in [0.4, 0.5) is 0 Å². The number of carbonyl (C=O) groups is 1. The van der Waals surface area contributed by atoms with Gasteiger partial charge in [0, 0.05) is 23.7 Å². The summed E-state index contributed by atoms with van der Waals surface area (Å²) in [4.78, 5) is 22.5. The number of aromatic carboxylic acids is 1. The highest BCUT2D eigenvalue weighted by atomic mass is 16.5. The van der Waals surface area contributed by atoms with Gasteiger partial charge in [0.25, 0.3) is 0 Å². The second-order valence-corrected chi connectivity index (χ2v) is 4.31. The molecule has 3 aromatic rings. The number of fused-ring (bicyclic) bond motifs is 1. The molecule has 6 heteroatoms. The van der Waals surface area contributed by atoms with Crippen LogP contribution in [0, 0.1) is 0 Å². The minimum absolute atomic E-state index is 0.0550. The Morgan fingerprint density at radius 1 is 1.30 bits per heavy atom. The first-order valence-electron chi connectivity index (χ1n) is 5.92. The number of carboxylic acid groups (broad SMARTS) is 1. The van der Waals surface area contributed by atoms with Crippen LogP contribution in [0.1, 0.15) is 16.2 Å². The molecule has 0 spiro atoms. The summed E-state index contributed by atoms with van der Waals surface area (Å²) in [6, 6.07) is 10.0. The standard InChI is InChI=1S/C14H10N2O4/c17-13-5-6-16(12-4-2-1-3-10(12)13)8-9-7-11(14(18)19)15-20-9/h1-7H,8H2,(H,18,19). The van der Waals surface area contributed by atoms with Crippen molar-refractivity contribution in [1.82, 2.24) is 9.72 Å². The van der Waals surface area contributed by atoms with Gasteiger partial charge in [-0.3, -0.25) is 4.79 Å². The van der Waals surface area contributed by atoms with Crippen molar-refractivity contribution in [3.63, 3.8) is 0 Å². The van der Waals surface area contributed by atoms with Gasteiger partial charge in [-0.15, -0.1) is 0 Å². The monoisotopic (exact) mass is 270 g/mol. The fraction of sp³-hybridized carbons (Fsp3) is 0.0714. The Balaban J connectivity index is 2.04. The lowest BCUT2D eigenvalue weighted by atomic mass is 10.2. The number of nitrogens with zero attached hydrogens (tertiary/aromatic N) is 2. The van der Waals surface area contributed by atoms with Crippen LogP contribution >= 0.6 is 0 Å². The third-order valence-electron chi connectivity index (χ3n) is 2.99. The minimum atomic E-state index is -1.13. The largest absolute Gasteiger partial charge is 0.476 e. The zero-order valence-corrected chi connectivity index (χ0v) is 10.3. The maximum atomic E-state index is 11.7. The maximum Gasteiger partial charge on any atom is 0.358 e. The smallest absolute Gasteiger partial charge is 0.358 e. The summed E-state index contributed by atoms with van der Waals surface area (Å²) in [5, 5.41) is 12.9. The molecule has 0 saturated heterocycles. The first kappa shape index (κ1) is 12.2. The van der Waals surface area contributed by atoms with Crippen molar-refractivity contribution in [3.8, 4) is 0 Å². The Bertz CT molecular complexity index is 848. The van der Waals surface area contributed by atoms with E-state index in [1.54, 1.807) is 18.3 Å². The van der Waals surface area contributed by atoms with Crippen LogP contribution < -0.4 is 5.43 Å². The summed E-state index contributed by atoms with van der Waals surface area (Å²) in [6.45, 7) is 0.307. The van der Waals surface area contributed by atoms with Gasteiger partial charge in [-0.05, 0) is 12.1 Å². The van der Waals surface area contributed by atoms with Crippen molar-refractivity contribution < 1.29 is 14.4 Å². The molecule has 0 bridgehead atoms.